The number of hydrogen-bond donors (Lipinski definition) is 1. The van der Waals surface area contributed by atoms with Gasteiger partial charge in [0.25, 0.3) is 5.69 Å². The quantitative estimate of drug-likeness (QED) is 0.656. The first-order chi connectivity index (χ1) is 9.10. The number of rotatable bonds is 5. The van der Waals surface area contributed by atoms with E-state index in [4.69, 9.17) is 5.73 Å². The molecule has 0 aliphatic rings. The van der Waals surface area contributed by atoms with Gasteiger partial charge in [0.05, 0.1) is 16.7 Å². The van der Waals surface area contributed by atoms with E-state index in [1.54, 1.807) is 23.5 Å². The standard InChI is InChI=1S/C13H15N3O2S.BrH/c1-2-10-8-19-13(15-10)12(14)7-9-3-5-11(6-4-9)16(17)18;/h3-6,8,12H,2,7,14H2,1H3;1H. The second kappa shape index (κ2) is 7.47. The summed E-state index contributed by atoms with van der Waals surface area (Å²) >= 11 is 1.57. The maximum atomic E-state index is 10.6. The predicted octanol–water partition coefficient (Wildman–Crippen LogP) is 3.43. The molecule has 1 atom stereocenters. The Morgan fingerprint density at radius 1 is 1.40 bits per heavy atom. The van der Waals surface area contributed by atoms with Crippen LogP contribution in [0.3, 0.4) is 0 Å². The molecule has 0 amide bonds. The summed E-state index contributed by atoms with van der Waals surface area (Å²) in [6, 6.07) is 6.33. The molecule has 0 fully saturated rings. The summed E-state index contributed by atoms with van der Waals surface area (Å²) in [6.07, 6.45) is 1.54. The number of nitro benzene ring substituents is 1. The second-order valence-electron chi connectivity index (χ2n) is 4.26. The minimum Gasteiger partial charge on any atom is -0.322 e. The van der Waals surface area contributed by atoms with Crippen LogP contribution in [0.5, 0.6) is 0 Å². The third-order valence-electron chi connectivity index (χ3n) is 2.85. The van der Waals surface area contributed by atoms with Crippen LogP contribution in [0.2, 0.25) is 0 Å². The van der Waals surface area contributed by atoms with Crippen LogP contribution in [0, 0.1) is 10.1 Å². The summed E-state index contributed by atoms with van der Waals surface area (Å²) in [7, 11) is 0. The monoisotopic (exact) mass is 357 g/mol. The largest absolute Gasteiger partial charge is 0.322 e. The number of hydrogen-bond acceptors (Lipinski definition) is 5. The van der Waals surface area contributed by atoms with Crippen molar-refractivity contribution in [2.75, 3.05) is 0 Å². The molecule has 7 heteroatoms. The summed E-state index contributed by atoms with van der Waals surface area (Å²) in [5, 5.41) is 13.5. The number of nitrogens with zero attached hydrogens (tertiary/aromatic N) is 2. The van der Waals surface area contributed by atoms with Gasteiger partial charge in [0, 0.05) is 17.5 Å². The van der Waals surface area contributed by atoms with Gasteiger partial charge in [0.15, 0.2) is 0 Å². The molecule has 0 saturated heterocycles. The maximum absolute atomic E-state index is 10.6. The van der Waals surface area contributed by atoms with Gasteiger partial charge >= 0.3 is 0 Å². The van der Waals surface area contributed by atoms with E-state index in [1.807, 2.05) is 5.38 Å². The topological polar surface area (TPSA) is 82.0 Å². The van der Waals surface area contributed by atoms with E-state index in [0.717, 1.165) is 22.7 Å². The maximum Gasteiger partial charge on any atom is 0.269 e. The molecule has 108 valence electrons. The minimum atomic E-state index is -0.405. The molecular formula is C13H16BrN3O2S. The van der Waals surface area contributed by atoms with Gasteiger partial charge in [-0.25, -0.2) is 4.98 Å². The molecule has 1 heterocycles. The Morgan fingerprint density at radius 2 is 2.05 bits per heavy atom. The Morgan fingerprint density at radius 3 is 2.55 bits per heavy atom. The van der Waals surface area contributed by atoms with Gasteiger partial charge in [-0.2, -0.15) is 0 Å². The zero-order chi connectivity index (χ0) is 13.8. The fourth-order valence-electron chi connectivity index (χ4n) is 1.75. The van der Waals surface area contributed by atoms with E-state index in [9.17, 15) is 10.1 Å². The zero-order valence-corrected chi connectivity index (χ0v) is 13.5. The molecule has 5 nitrogen and oxygen atoms in total. The highest BCUT2D eigenvalue weighted by molar-refractivity contribution is 8.93. The van der Waals surface area contributed by atoms with E-state index in [0.29, 0.717) is 6.42 Å². The lowest BCUT2D eigenvalue weighted by Gasteiger charge is -2.08. The molecule has 0 spiro atoms. The number of nitrogens with two attached hydrogens (primary N) is 1. The highest BCUT2D eigenvalue weighted by Crippen LogP contribution is 2.21. The average molecular weight is 358 g/mol. The number of thiazole rings is 1. The normalized spacial score (nSPS) is 11.7. The molecule has 1 aromatic carbocycles. The van der Waals surface area contributed by atoms with Crippen molar-refractivity contribution in [3.05, 3.63) is 56.0 Å². The van der Waals surface area contributed by atoms with E-state index in [1.165, 1.54) is 12.1 Å². The smallest absolute Gasteiger partial charge is 0.269 e. The molecule has 1 aromatic heterocycles. The molecule has 0 saturated carbocycles. The van der Waals surface area contributed by atoms with Crippen molar-refractivity contribution in [2.24, 2.45) is 5.73 Å². The SMILES string of the molecule is Br.CCc1csc(C(N)Cc2ccc([N+](=O)[O-])cc2)n1. The van der Waals surface area contributed by atoms with Crippen molar-refractivity contribution in [1.29, 1.82) is 0 Å². The van der Waals surface area contributed by atoms with Gasteiger partial charge < -0.3 is 5.73 Å². The molecule has 0 aliphatic carbocycles. The molecule has 2 rings (SSSR count). The van der Waals surface area contributed by atoms with Crippen molar-refractivity contribution in [2.45, 2.75) is 25.8 Å². The van der Waals surface area contributed by atoms with Gasteiger partial charge in [0.1, 0.15) is 5.01 Å². The lowest BCUT2D eigenvalue weighted by atomic mass is 10.1. The zero-order valence-electron chi connectivity index (χ0n) is 11.0. The Labute approximate surface area is 131 Å². The van der Waals surface area contributed by atoms with Crippen molar-refractivity contribution >= 4 is 34.0 Å². The third kappa shape index (κ3) is 4.09. The van der Waals surface area contributed by atoms with E-state index in [2.05, 4.69) is 11.9 Å². The molecule has 2 aromatic rings. The number of nitro groups is 1. The number of aryl methyl sites for hydroxylation is 1. The van der Waals surface area contributed by atoms with E-state index >= 15 is 0 Å². The summed E-state index contributed by atoms with van der Waals surface area (Å²) in [5.74, 6) is 0. The fourth-order valence-corrected chi connectivity index (χ4v) is 2.65. The van der Waals surface area contributed by atoms with Crippen LogP contribution in [0.25, 0.3) is 0 Å². The van der Waals surface area contributed by atoms with Crippen molar-refractivity contribution in [1.82, 2.24) is 4.98 Å². The molecule has 2 N–H and O–H groups in total. The van der Waals surface area contributed by atoms with Gasteiger partial charge in [0.2, 0.25) is 0 Å². The second-order valence-corrected chi connectivity index (χ2v) is 5.15. The Kier molecular flexibility index (Phi) is 6.25. The summed E-state index contributed by atoms with van der Waals surface area (Å²) in [4.78, 5) is 14.6. The van der Waals surface area contributed by atoms with Crippen LogP contribution in [0.1, 0.15) is 29.2 Å². The van der Waals surface area contributed by atoms with Gasteiger partial charge in [-0.15, -0.1) is 28.3 Å². The first kappa shape index (κ1) is 16.7. The summed E-state index contributed by atoms with van der Waals surface area (Å²) in [6.45, 7) is 2.06. The number of non-ortho nitro benzene ring substituents is 1. The predicted molar refractivity (Wildman–Crippen MR) is 85.5 cm³/mol. The summed E-state index contributed by atoms with van der Waals surface area (Å²) in [5.41, 5.74) is 8.24. The lowest BCUT2D eigenvalue weighted by Crippen LogP contribution is -2.13. The highest BCUT2D eigenvalue weighted by Gasteiger charge is 2.12. The molecule has 0 bridgehead atoms. The van der Waals surface area contributed by atoms with Crippen molar-refractivity contribution < 1.29 is 4.92 Å². The first-order valence-corrected chi connectivity index (χ1v) is 6.91. The molecule has 0 radical (unpaired) electrons. The van der Waals surface area contributed by atoms with Crippen LogP contribution >= 0.6 is 28.3 Å². The minimum absolute atomic E-state index is 0. The van der Waals surface area contributed by atoms with Crippen molar-refractivity contribution in [3.8, 4) is 0 Å². The number of aromatic nitrogens is 1. The van der Waals surface area contributed by atoms with Gasteiger partial charge in [-0.1, -0.05) is 19.1 Å². The Balaban J connectivity index is 0.00000200. The summed E-state index contributed by atoms with van der Waals surface area (Å²) < 4.78 is 0. The lowest BCUT2D eigenvalue weighted by molar-refractivity contribution is -0.384. The average Bonchev–Trinajstić information content (AvgIpc) is 2.88. The van der Waals surface area contributed by atoms with Crippen LogP contribution in [-0.4, -0.2) is 9.91 Å². The van der Waals surface area contributed by atoms with E-state index in [-0.39, 0.29) is 28.7 Å². The van der Waals surface area contributed by atoms with Crippen molar-refractivity contribution in [3.63, 3.8) is 0 Å². The Hall–Kier alpha value is -1.31. The van der Waals surface area contributed by atoms with Crippen LogP contribution < -0.4 is 5.73 Å². The van der Waals surface area contributed by atoms with E-state index < -0.39 is 4.92 Å². The van der Waals surface area contributed by atoms with Crippen LogP contribution in [-0.2, 0) is 12.8 Å². The molecular weight excluding hydrogens is 342 g/mol. The molecule has 0 aliphatic heterocycles. The van der Waals surface area contributed by atoms with Crippen LogP contribution in [0.15, 0.2) is 29.6 Å². The Bertz CT molecular complexity index is 571. The fraction of sp³-hybridized carbons (Fsp3) is 0.308. The molecule has 1 unspecified atom stereocenters. The number of halogens is 1. The van der Waals surface area contributed by atoms with Gasteiger partial charge in [-0.05, 0) is 18.4 Å². The van der Waals surface area contributed by atoms with Crippen LogP contribution in [0.4, 0.5) is 5.69 Å². The molecule has 20 heavy (non-hydrogen) atoms. The first-order valence-electron chi connectivity index (χ1n) is 6.03. The highest BCUT2D eigenvalue weighted by atomic mass is 79.9. The number of benzene rings is 1. The van der Waals surface area contributed by atoms with Gasteiger partial charge in [-0.3, -0.25) is 10.1 Å². The third-order valence-corrected chi connectivity index (χ3v) is 3.88.